The van der Waals surface area contributed by atoms with E-state index in [9.17, 15) is 0 Å². The summed E-state index contributed by atoms with van der Waals surface area (Å²) >= 11 is 0. The summed E-state index contributed by atoms with van der Waals surface area (Å²) in [7, 11) is 3.42. The summed E-state index contributed by atoms with van der Waals surface area (Å²) in [5.74, 6) is 3.84. The Kier molecular flexibility index (Phi) is 5.11. The molecule has 1 aromatic carbocycles. The van der Waals surface area contributed by atoms with Gasteiger partial charge < -0.3 is 14.5 Å². The van der Waals surface area contributed by atoms with Crippen molar-refractivity contribution in [1.29, 1.82) is 0 Å². The van der Waals surface area contributed by atoms with Crippen molar-refractivity contribution in [3.8, 4) is 11.5 Å². The van der Waals surface area contributed by atoms with Crippen molar-refractivity contribution in [2.45, 2.75) is 58.4 Å². The number of benzene rings is 1. The maximum absolute atomic E-state index is 5.57. The third-order valence-electron chi connectivity index (χ3n) is 7.13. The molecule has 1 fully saturated rings. The molecule has 4 rings (SSSR count). The topological polar surface area (TPSA) is 37.5 Å². The van der Waals surface area contributed by atoms with Gasteiger partial charge in [-0.2, -0.15) is 0 Å². The lowest BCUT2D eigenvalue weighted by atomic mass is 9.78. The van der Waals surface area contributed by atoms with Crippen LogP contribution in [0.25, 0.3) is 10.9 Å². The van der Waals surface area contributed by atoms with Gasteiger partial charge in [0.05, 0.1) is 14.2 Å². The molecule has 2 aliphatic heterocycles. The molecule has 4 heteroatoms. The summed E-state index contributed by atoms with van der Waals surface area (Å²) in [4.78, 5) is 6.53. The Bertz CT molecular complexity index is 812. The second-order valence-corrected chi connectivity index (χ2v) is 8.71. The summed E-state index contributed by atoms with van der Waals surface area (Å²) in [5.41, 5.74) is 4.14. The predicted octanol–water partition coefficient (Wildman–Crippen LogP) is 4.97. The Hall–Kier alpha value is -1.68. The molecule has 0 spiro atoms. The van der Waals surface area contributed by atoms with E-state index in [0.29, 0.717) is 12.0 Å². The molecule has 5 atom stereocenters. The number of hydrogen-bond acceptors (Lipinski definition) is 3. The van der Waals surface area contributed by atoms with E-state index in [1.165, 1.54) is 48.0 Å². The van der Waals surface area contributed by atoms with E-state index in [1.54, 1.807) is 14.2 Å². The molecule has 1 saturated heterocycles. The first kappa shape index (κ1) is 18.7. The van der Waals surface area contributed by atoms with E-state index >= 15 is 0 Å². The number of aromatic nitrogens is 1. The number of ether oxygens (including phenoxy) is 2. The van der Waals surface area contributed by atoms with Crippen molar-refractivity contribution >= 4 is 10.9 Å². The van der Waals surface area contributed by atoms with Crippen LogP contribution in [-0.2, 0) is 6.42 Å². The van der Waals surface area contributed by atoms with Gasteiger partial charge in [-0.1, -0.05) is 20.3 Å². The number of fused-ring (bicyclic) bond motifs is 6. The maximum atomic E-state index is 5.57. The van der Waals surface area contributed by atoms with Crippen LogP contribution in [0.2, 0.25) is 0 Å². The molecule has 2 aliphatic rings. The molecule has 1 aromatic heterocycles. The van der Waals surface area contributed by atoms with Crippen molar-refractivity contribution < 1.29 is 9.47 Å². The van der Waals surface area contributed by atoms with Crippen LogP contribution in [0.15, 0.2) is 12.1 Å². The highest BCUT2D eigenvalue weighted by Crippen LogP contribution is 2.44. The molecular formula is C23H34N2O2. The number of nitrogens with zero attached hydrogens (tertiary/aromatic N) is 1. The van der Waals surface area contributed by atoms with Crippen LogP contribution in [0.1, 0.15) is 57.2 Å². The number of methoxy groups -OCH3 is 2. The van der Waals surface area contributed by atoms with Gasteiger partial charge in [-0.25, -0.2) is 0 Å². The van der Waals surface area contributed by atoms with Crippen LogP contribution in [0.4, 0.5) is 0 Å². The Morgan fingerprint density at radius 3 is 2.67 bits per heavy atom. The van der Waals surface area contributed by atoms with Crippen molar-refractivity contribution in [3.63, 3.8) is 0 Å². The SMILES string of the molecule is CCC(C)C[C@H]1CC2c3[nH]c4cc(OC)c(OC)cc4c3CCN(C1)C2C. The van der Waals surface area contributed by atoms with Gasteiger partial charge in [-0.15, -0.1) is 0 Å². The lowest BCUT2D eigenvalue weighted by Crippen LogP contribution is -2.46. The summed E-state index contributed by atoms with van der Waals surface area (Å²) in [6.07, 6.45) is 5.05. The smallest absolute Gasteiger partial charge is 0.162 e. The largest absolute Gasteiger partial charge is 0.493 e. The molecule has 148 valence electrons. The first-order valence-electron chi connectivity index (χ1n) is 10.6. The molecule has 0 saturated carbocycles. The zero-order chi connectivity index (χ0) is 19.1. The molecule has 2 aromatic rings. The zero-order valence-corrected chi connectivity index (χ0v) is 17.5. The van der Waals surface area contributed by atoms with Crippen LogP contribution < -0.4 is 9.47 Å². The third-order valence-corrected chi connectivity index (χ3v) is 7.13. The van der Waals surface area contributed by atoms with Crippen LogP contribution in [0, 0.1) is 11.8 Å². The Balaban J connectivity index is 1.74. The minimum absolute atomic E-state index is 0.592. The third kappa shape index (κ3) is 3.22. The lowest BCUT2D eigenvalue weighted by Gasteiger charge is -2.42. The first-order valence-corrected chi connectivity index (χ1v) is 10.6. The van der Waals surface area contributed by atoms with E-state index in [1.807, 2.05) is 0 Å². The second-order valence-electron chi connectivity index (χ2n) is 8.71. The highest BCUT2D eigenvalue weighted by molar-refractivity contribution is 5.88. The number of piperidine rings is 1. The van der Waals surface area contributed by atoms with Gasteiger partial charge in [0, 0.05) is 47.7 Å². The van der Waals surface area contributed by atoms with Crippen molar-refractivity contribution in [3.05, 3.63) is 23.4 Å². The molecule has 1 N–H and O–H groups in total. The first-order chi connectivity index (χ1) is 13.0. The van der Waals surface area contributed by atoms with Gasteiger partial charge in [0.25, 0.3) is 0 Å². The summed E-state index contributed by atoms with van der Waals surface area (Å²) in [6.45, 7) is 9.57. The van der Waals surface area contributed by atoms with E-state index in [0.717, 1.165) is 36.3 Å². The Morgan fingerprint density at radius 1 is 1.22 bits per heavy atom. The standard InChI is InChI=1S/C23H34N2O2/c1-6-14(2)9-16-10-18-15(3)25(13-16)8-7-17-19-11-21(26-4)22(27-5)12-20(19)24-23(17)18/h11-12,14-16,18,24H,6-10,13H2,1-5H3/t14?,15?,16-,18?/m0/s1. The minimum atomic E-state index is 0.592. The average molecular weight is 371 g/mol. The molecule has 4 nitrogen and oxygen atoms in total. The summed E-state index contributed by atoms with van der Waals surface area (Å²) < 4.78 is 11.1. The number of rotatable bonds is 5. The fourth-order valence-corrected chi connectivity index (χ4v) is 5.38. The van der Waals surface area contributed by atoms with Crippen LogP contribution in [-0.4, -0.2) is 43.2 Å². The lowest BCUT2D eigenvalue weighted by molar-refractivity contribution is 0.0921. The van der Waals surface area contributed by atoms with Crippen LogP contribution >= 0.6 is 0 Å². The van der Waals surface area contributed by atoms with Gasteiger partial charge in [0.1, 0.15) is 0 Å². The molecule has 0 amide bonds. The Morgan fingerprint density at radius 2 is 1.96 bits per heavy atom. The fraction of sp³-hybridized carbons (Fsp3) is 0.652. The monoisotopic (exact) mass is 370 g/mol. The van der Waals surface area contributed by atoms with Crippen molar-refractivity contribution in [2.75, 3.05) is 27.3 Å². The van der Waals surface area contributed by atoms with Gasteiger partial charge >= 0.3 is 0 Å². The highest BCUT2D eigenvalue weighted by Gasteiger charge is 2.39. The number of nitrogens with one attached hydrogen (secondary N) is 1. The number of hydrogen-bond donors (Lipinski definition) is 1. The average Bonchev–Trinajstić information content (AvgIpc) is 3.00. The quantitative estimate of drug-likeness (QED) is 0.807. The molecule has 0 aliphatic carbocycles. The van der Waals surface area contributed by atoms with Gasteiger partial charge in [-0.3, -0.25) is 4.90 Å². The molecule has 2 bridgehead atoms. The Labute approximate surface area is 163 Å². The number of H-pyrrole nitrogens is 1. The zero-order valence-electron chi connectivity index (χ0n) is 17.5. The normalized spacial score (nSPS) is 28.5. The van der Waals surface area contributed by atoms with Gasteiger partial charge in [0.15, 0.2) is 11.5 Å². The highest BCUT2D eigenvalue weighted by atomic mass is 16.5. The molecular weight excluding hydrogens is 336 g/mol. The van der Waals surface area contributed by atoms with Crippen LogP contribution in [0.3, 0.4) is 0 Å². The molecule has 3 heterocycles. The van der Waals surface area contributed by atoms with E-state index in [-0.39, 0.29) is 0 Å². The predicted molar refractivity (Wildman–Crippen MR) is 111 cm³/mol. The maximum Gasteiger partial charge on any atom is 0.162 e. The van der Waals surface area contributed by atoms with Gasteiger partial charge in [-0.05, 0) is 49.7 Å². The van der Waals surface area contributed by atoms with Crippen molar-refractivity contribution in [2.24, 2.45) is 11.8 Å². The minimum Gasteiger partial charge on any atom is -0.493 e. The molecule has 4 unspecified atom stereocenters. The molecule has 27 heavy (non-hydrogen) atoms. The fourth-order valence-electron chi connectivity index (χ4n) is 5.38. The van der Waals surface area contributed by atoms with E-state index < -0.39 is 0 Å². The van der Waals surface area contributed by atoms with Gasteiger partial charge in [0.2, 0.25) is 0 Å². The van der Waals surface area contributed by atoms with Crippen molar-refractivity contribution in [1.82, 2.24) is 9.88 Å². The van der Waals surface area contributed by atoms with Crippen LogP contribution in [0.5, 0.6) is 11.5 Å². The summed E-state index contributed by atoms with van der Waals surface area (Å²) in [6, 6.07) is 4.87. The van der Waals surface area contributed by atoms with E-state index in [2.05, 4.69) is 42.8 Å². The second kappa shape index (κ2) is 7.38. The van der Waals surface area contributed by atoms with E-state index in [4.69, 9.17) is 9.47 Å². The summed E-state index contributed by atoms with van der Waals surface area (Å²) in [5, 5.41) is 1.31. The molecule has 0 radical (unpaired) electrons. The number of aromatic amines is 1.